The second-order valence-electron chi connectivity index (χ2n) is 6.44. The lowest BCUT2D eigenvalue weighted by Gasteiger charge is -2.32. The molecule has 1 heterocycles. The van der Waals surface area contributed by atoms with Crippen LogP contribution in [0.3, 0.4) is 0 Å². The molecule has 0 spiro atoms. The van der Waals surface area contributed by atoms with E-state index in [4.69, 9.17) is 4.74 Å². The molecule has 2 atom stereocenters. The molecule has 0 aromatic heterocycles. The highest BCUT2D eigenvalue weighted by atomic mass is 32.2. The second-order valence-corrected chi connectivity index (χ2v) is 7.42. The lowest BCUT2D eigenvalue weighted by molar-refractivity contribution is -0.0789. The van der Waals surface area contributed by atoms with Crippen LogP contribution >= 0.6 is 11.8 Å². The minimum absolute atomic E-state index is 0.0647. The third-order valence-electron chi connectivity index (χ3n) is 4.07. The summed E-state index contributed by atoms with van der Waals surface area (Å²) in [5, 5.41) is 3.46. The SMILES string of the molecule is CNC1C(CN(C)CCSC)C(C)(C)OC1(C)C. The summed E-state index contributed by atoms with van der Waals surface area (Å²) < 4.78 is 6.26. The van der Waals surface area contributed by atoms with Gasteiger partial charge in [-0.2, -0.15) is 11.8 Å². The third-order valence-corrected chi connectivity index (χ3v) is 4.66. The average molecular weight is 274 g/mol. The van der Waals surface area contributed by atoms with Crippen LogP contribution in [0.5, 0.6) is 0 Å². The van der Waals surface area contributed by atoms with Gasteiger partial charge in [-0.25, -0.2) is 0 Å². The number of ether oxygens (including phenoxy) is 1. The highest BCUT2D eigenvalue weighted by Gasteiger charge is 2.53. The Morgan fingerprint density at radius 1 is 1.22 bits per heavy atom. The number of nitrogens with zero attached hydrogens (tertiary/aromatic N) is 1. The molecule has 18 heavy (non-hydrogen) atoms. The lowest BCUT2D eigenvalue weighted by atomic mass is 9.82. The van der Waals surface area contributed by atoms with Gasteiger partial charge in [0.15, 0.2) is 0 Å². The molecule has 0 amide bonds. The molecule has 0 bridgehead atoms. The fraction of sp³-hybridized carbons (Fsp3) is 1.00. The number of rotatable bonds is 6. The zero-order valence-corrected chi connectivity index (χ0v) is 13.9. The molecule has 3 nitrogen and oxygen atoms in total. The quantitative estimate of drug-likeness (QED) is 0.801. The minimum atomic E-state index is -0.0940. The number of nitrogens with one attached hydrogen (secondary N) is 1. The van der Waals surface area contributed by atoms with Crippen LogP contribution in [0.4, 0.5) is 0 Å². The van der Waals surface area contributed by atoms with E-state index in [1.807, 2.05) is 18.8 Å². The smallest absolute Gasteiger partial charge is 0.0790 e. The van der Waals surface area contributed by atoms with Crippen molar-refractivity contribution in [3.63, 3.8) is 0 Å². The largest absolute Gasteiger partial charge is 0.368 e. The topological polar surface area (TPSA) is 24.5 Å². The summed E-state index contributed by atoms with van der Waals surface area (Å²) in [6, 6.07) is 0.407. The third kappa shape index (κ3) is 3.62. The fourth-order valence-electron chi connectivity index (χ4n) is 3.25. The summed E-state index contributed by atoms with van der Waals surface area (Å²) in [6.45, 7) is 11.1. The van der Waals surface area contributed by atoms with Crippen molar-refractivity contribution in [2.75, 3.05) is 39.2 Å². The molecule has 4 heteroatoms. The van der Waals surface area contributed by atoms with Crippen LogP contribution in [0.15, 0.2) is 0 Å². The van der Waals surface area contributed by atoms with Crippen LogP contribution in [0.25, 0.3) is 0 Å². The fourth-order valence-corrected chi connectivity index (χ4v) is 3.75. The molecule has 1 N–H and O–H groups in total. The molecule has 0 radical (unpaired) electrons. The average Bonchev–Trinajstić information content (AvgIpc) is 2.40. The first-order valence-electron chi connectivity index (χ1n) is 6.79. The molecule has 0 aromatic rings. The summed E-state index contributed by atoms with van der Waals surface area (Å²) in [5.41, 5.74) is -0.159. The predicted molar refractivity (Wildman–Crippen MR) is 81.5 cm³/mol. The first-order chi connectivity index (χ1) is 8.24. The molecule has 108 valence electrons. The molecule has 0 saturated carbocycles. The van der Waals surface area contributed by atoms with Gasteiger partial charge in [0.2, 0.25) is 0 Å². The lowest BCUT2D eigenvalue weighted by Crippen LogP contribution is -2.49. The Bertz CT molecular complexity index is 269. The molecule has 0 aliphatic carbocycles. The van der Waals surface area contributed by atoms with E-state index in [1.54, 1.807) is 0 Å². The maximum atomic E-state index is 6.26. The molecular weight excluding hydrogens is 244 g/mol. The predicted octanol–water partition coefficient (Wildman–Crippen LogP) is 2.07. The zero-order chi connectivity index (χ0) is 14.0. The Hall–Kier alpha value is 0.230. The second kappa shape index (κ2) is 6.12. The molecule has 1 saturated heterocycles. The first-order valence-corrected chi connectivity index (χ1v) is 8.19. The van der Waals surface area contributed by atoms with E-state index in [1.165, 1.54) is 5.75 Å². The van der Waals surface area contributed by atoms with Crippen LogP contribution in [0, 0.1) is 5.92 Å². The highest BCUT2D eigenvalue weighted by molar-refractivity contribution is 7.98. The molecular formula is C14H30N2OS. The molecule has 1 aliphatic heterocycles. The van der Waals surface area contributed by atoms with Crippen molar-refractivity contribution in [1.29, 1.82) is 0 Å². The standard InChI is InChI=1S/C14H30N2OS/c1-13(2)11(10-16(6)8-9-18-7)12(15-5)14(3,4)17-13/h11-12,15H,8-10H2,1-7H3. The van der Waals surface area contributed by atoms with E-state index in [2.05, 4.69) is 51.2 Å². The van der Waals surface area contributed by atoms with Gasteiger partial charge < -0.3 is 15.0 Å². The molecule has 1 rings (SSSR count). The van der Waals surface area contributed by atoms with Crippen LogP contribution in [0.2, 0.25) is 0 Å². The van der Waals surface area contributed by atoms with E-state index < -0.39 is 0 Å². The first kappa shape index (κ1) is 16.3. The van der Waals surface area contributed by atoms with Gasteiger partial charge in [0.05, 0.1) is 11.2 Å². The van der Waals surface area contributed by atoms with Gasteiger partial charge in [-0.1, -0.05) is 0 Å². The summed E-state index contributed by atoms with van der Waals surface area (Å²) in [4.78, 5) is 2.43. The van der Waals surface area contributed by atoms with Crippen molar-refractivity contribution in [1.82, 2.24) is 10.2 Å². The van der Waals surface area contributed by atoms with E-state index >= 15 is 0 Å². The Kier molecular flexibility index (Phi) is 5.54. The number of likely N-dealkylation sites (N-methyl/N-ethyl adjacent to an activating group) is 1. The maximum absolute atomic E-state index is 6.26. The normalized spacial score (nSPS) is 30.0. The minimum Gasteiger partial charge on any atom is -0.368 e. The van der Waals surface area contributed by atoms with Crippen molar-refractivity contribution in [3.8, 4) is 0 Å². The Morgan fingerprint density at radius 2 is 1.83 bits per heavy atom. The van der Waals surface area contributed by atoms with E-state index in [0.717, 1.165) is 13.1 Å². The molecule has 2 unspecified atom stereocenters. The summed E-state index contributed by atoms with van der Waals surface area (Å²) in [7, 11) is 4.26. The van der Waals surface area contributed by atoms with Gasteiger partial charge >= 0.3 is 0 Å². The van der Waals surface area contributed by atoms with Gasteiger partial charge in [-0.15, -0.1) is 0 Å². The monoisotopic (exact) mass is 274 g/mol. The number of hydrogen-bond donors (Lipinski definition) is 1. The molecule has 0 aromatic carbocycles. The van der Waals surface area contributed by atoms with Gasteiger partial charge in [0.25, 0.3) is 0 Å². The number of hydrogen-bond acceptors (Lipinski definition) is 4. The molecule has 1 aliphatic rings. The summed E-state index contributed by atoms with van der Waals surface area (Å²) in [5.74, 6) is 1.71. The summed E-state index contributed by atoms with van der Waals surface area (Å²) in [6.07, 6.45) is 2.16. The zero-order valence-electron chi connectivity index (χ0n) is 13.0. The van der Waals surface area contributed by atoms with Crippen LogP contribution < -0.4 is 5.32 Å². The van der Waals surface area contributed by atoms with E-state index in [9.17, 15) is 0 Å². The van der Waals surface area contributed by atoms with Crippen LogP contribution in [-0.2, 0) is 4.74 Å². The Morgan fingerprint density at radius 3 is 2.33 bits per heavy atom. The van der Waals surface area contributed by atoms with Gasteiger partial charge in [0.1, 0.15) is 0 Å². The Labute approximate surface area is 117 Å². The van der Waals surface area contributed by atoms with Gasteiger partial charge in [-0.05, 0) is 48.0 Å². The Balaban J connectivity index is 2.71. The van der Waals surface area contributed by atoms with Gasteiger partial charge in [0, 0.05) is 30.8 Å². The molecule has 1 fully saturated rings. The summed E-state index contributed by atoms with van der Waals surface area (Å²) >= 11 is 1.91. The van der Waals surface area contributed by atoms with Crippen LogP contribution in [0.1, 0.15) is 27.7 Å². The highest BCUT2D eigenvalue weighted by Crippen LogP contribution is 2.42. The van der Waals surface area contributed by atoms with Crippen LogP contribution in [-0.4, -0.2) is 61.3 Å². The van der Waals surface area contributed by atoms with Gasteiger partial charge in [-0.3, -0.25) is 0 Å². The maximum Gasteiger partial charge on any atom is 0.0790 e. The number of thioether (sulfide) groups is 1. The van der Waals surface area contributed by atoms with Crippen molar-refractivity contribution in [2.45, 2.75) is 44.9 Å². The van der Waals surface area contributed by atoms with Crippen molar-refractivity contribution in [2.24, 2.45) is 5.92 Å². The van der Waals surface area contributed by atoms with E-state index in [-0.39, 0.29) is 11.2 Å². The van der Waals surface area contributed by atoms with E-state index in [0.29, 0.717) is 12.0 Å². The van der Waals surface area contributed by atoms with Crippen molar-refractivity contribution in [3.05, 3.63) is 0 Å². The van der Waals surface area contributed by atoms with Crippen molar-refractivity contribution < 1.29 is 4.74 Å². The van der Waals surface area contributed by atoms with Crippen molar-refractivity contribution >= 4 is 11.8 Å².